The van der Waals surface area contributed by atoms with Gasteiger partial charge in [0.05, 0.1) is 0 Å². The first kappa shape index (κ1) is 70.8. The largest absolute Gasteiger partial charge is 0.462 e. The molecule has 0 rings (SSSR count). The molecule has 6 heteroatoms. The van der Waals surface area contributed by atoms with E-state index in [9.17, 15) is 14.4 Å². The van der Waals surface area contributed by atoms with Gasteiger partial charge in [0.1, 0.15) is 13.2 Å². The summed E-state index contributed by atoms with van der Waals surface area (Å²) < 4.78 is 16.9. The molecule has 0 bridgehead atoms. The van der Waals surface area contributed by atoms with Crippen LogP contribution < -0.4 is 0 Å². The second kappa shape index (κ2) is 62.4. The minimum Gasteiger partial charge on any atom is -0.462 e. The number of hydrogen-bond acceptors (Lipinski definition) is 6. The third-order valence-electron chi connectivity index (χ3n) is 13.9. The highest BCUT2D eigenvalue weighted by molar-refractivity contribution is 5.71. The summed E-state index contributed by atoms with van der Waals surface area (Å²) in [5, 5.41) is 0. The van der Waals surface area contributed by atoms with Crippen LogP contribution in [-0.4, -0.2) is 37.2 Å². The average Bonchev–Trinajstić information content (AvgIpc) is 3.40. The van der Waals surface area contributed by atoms with Crippen LogP contribution in [0.1, 0.15) is 323 Å². The topological polar surface area (TPSA) is 78.9 Å². The molecule has 1 atom stereocenters. The van der Waals surface area contributed by atoms with Crippen molar-refractivity contribution in [3.8, 4) is 0 Å². The van der Waals surface area contributed by atoms with E-state index in [1.807, 2.05) is 0 Å². The van der Waals surface area contributed by atoms with Gasteiger partial charge in [-0.05, 0) is 116 Å². The van der Waals surface area contributed by atoms with Crippen LogP contribution in [0.15, 0.2) is 72.9 Å². The molecule has 428 valence electrons. The van der Waals surface area contributed by atoms with Crippen molar-refractivity contribution in [1.82, 2.24) is 0 Å². The predicted molar refractivity (Wildman–Crippen MR) is 321 cm³/mol. The van der Waals surface area contributed by atoms with Gasteiger partial charge in [-0.25, -0.2) is 0 Å². The maximum atomic E-state index is 12.9. The number of allylic oxidation sites excluding steroid dienone is 12. The van der Waals surface area contributed by atoms with Gasteiger partial charge >= 0.3 is 17.9 Å². The third-order valence-corrected chi connectivity index (χ3v) is 13.9. The van der Waals surface area contributed by atoms with Gasteiger partial charge in [0.25, 0.3) is 0 Å². The fraction of sp³-hybridized carbons (Fsp3) is 0.779. The highest BCUT2D eigenvalue weighted by atomic mass is 16.6. The molecule has 1 unspecified atom stereocenters. The SMILES string of the molecule is CCCCC/C=C\C/C=C\CCCCCCCCCCCC(=O)OC(COC(=O)CCCCCCC/C=C\CCCCC)COC(=O)CCCCCCCCCCCC/C=C\C/C=C\C/C=C\CCCCCCC. The first-order valence-corrected chi connectivity index (χ1v) is 31.9. The Labute approximate surface area is 459 Å². The molecule has 6 nitrogen and oxygen atoms in total. The van der Waals surface area contributed by atoms with Crippen LogP contribution in [0, 0.1) is 0 Å². The van der Waals surface area contributed by atoms with Crippen LogP contribution >= 0.6 is 0 Å². The lowest BCUT2D eigenvalue weighted by molar-refractivity contribution is -0.167. The third kappa shape index (κ3) is 59.7. The molecule has 0 heterocycles. The fourth-order valence-corrected chi connectivity index (χ4v) is 9.06. The van der Waals surface area contributed by atoms with Gasteiger partial charge in [0.15, 0.2) is 6.10 Å². The summed E-state index contributed by atoms with van der Waals surface area (Å²) in [5.41, 5.74) is 0. The van der Waals surface area contributed by atoms with Gasteiger partial charge in [-0.2, -0.15) is 0 Å². The summed E-state index contributed by atoms with van der Waals surface area (Å²) in [5.74, 6) is -0.885. The van der Waals surface area contributed by atoms with Gasteiger partial charge < -0.3 is 14.2 Å². The second-order valence-corrected chi connectivity index (χ2v) is 21.3. The Hall–Kier alpha value is -3.15. The molecule has 0 aliphatic carbocycles. The first-order chi connectivity index (χ1) is 36.5. The first-order valence-electron chi connectivity index (χ1n) is 31.9. The lowest BCUT2D eigenvalue weighted by Crippen LogP contribution is -2.30. The summed E-state index contributed by atoms with van der Waals surface area (Å²) >= 11 is 0. The van der Waals surface area contributed by atoms with Gasteiger partial charge in [0.2, 0.25) is 0 Å². The molecule has 0 spiro atoms. The maximum Gasteiger partial charge on any atom is 0.306 e. The van der Waals surface area contributed by atoms with E-state index in [0.29, 0.717) is 19.3 Å². The van der Waals surface area contributed by atoms with Crippen LogP contribution in [-0.2, 0) is 28.6 Å². The summed E-state index contributed by atoms with van der Waals surface area (Å²) in [6.07, 6.45) is 80.5. The zero-order valence-electron chi connectivity index (χ0n) is 49.1. The Bertz CT molecular complexity index is 1370. The van der Waals surface area contributed by atoms with Crippen molar-refractivity contribution in [2.75, 3.05) is 13.2 Å². The van der Waals surface area contributed by atoms with Gasteiger partial charge in [0, 0.05) is 19.3 Å². The summed E-state index contributed by atoms with van der Waals surface area (Å²) in [6, 6.07) is 0. The highest BCUT2D eigenvalue weighted by Gasteiger charge is 2.19. The molecular formula is C68H120O6. The Morgan fingerprint density at radius 2 is 0.486 bits per heavy atom. The minimum absolute atomic E-state index is 0.0806. The van der Waals surface area contributed by atoms with E-state index in [0.717, 1.165) is 83.5 Å². The summed E-state index contributed by atoms with van der Waals surface area (Å²) in [6.45, 7) is 6.60. The molecule has 0 aromatic heterocycles. The number of carbonyl (C=O) groups is 3. The lowest BCUT2D eigenvalue weighted by atomic mass is 10.0. The zero-order chi connectivity index (χ0) is 53.6. The average molecular weight is 1030 g/mol. The molecule has 74 heavy (non-hydrogen) atoms. The maximum absolute atomic E-state index is 12.9. The Morgan fingerprint density at radius 3 is 0.797 bits per heavy atom. The molecule has 0 radical (unpaired) electrons. The van der Waals surface area contributed by atoms with Crippen LogP contribution in [0.4, 0.5) is 0 Å². The van der Waals surface area contributed by atoms with Crippen LogP contribution in [0.3, 0.4) is 0 Å². The van der Waals surface area contributed by atoms with Crippen molar-refractivity contribution in [2.45, 2.75) is 329 Å². The lowest BCUT2D eigenvalue weighted by Gasteiger charge is -2.18. The van der Waals surface area contributed by atoms with E-state index in [2.05, 4.69) is 93.7 Å². The Balaban J connectivity index is 4.30. The highest BCUT2D eigenvalue weighted by Crippen LogP contribution is 2.16. The van der Waals surface area contributed by atoms with Crippen molar-refractivity contribution in [3.63, 3.8) is 0 Å². The van der Waals surface area contributed by atoms with Crippen molar-refractivity contribution in [2.24, 2.45) is 0 Å². The predicted octanol–water partition coefficient (Wildman–Crippen LogP) is 21.7. The van der Waals surface area contributed by atoms with E-state index < -0.39 is 6.10 Å². The molecule has 0 saturated heterocycles. The number of esters is 3. The monoisotopic (exact) mass is 1030 g/mol. The van der Waals surface area contributed by atoms with Crippen LogP contribution in [0.2, 0.25) is 0 Å². The Kier molecular flexibility index (Phi) is 59.7. The van der Waals surface area contributed by atoms with E-state index in [1.165, 1.54) is 199 Å². The molecule has 0 fully saturated rings. The molecule has 0 aromatic rings. The number of carbonyl (C=O) groups excluding carboxylic acids is 3. The molecule has 0 N–H and O–H groups in total. The second-order valence-electron chi connectivity index (χ2n) is 21.3. The Morgan fingerprint density at radius 1 is 0.270 bits per heavy atom. The molecule has 0 amide bonds. The zero-order valence-corrected chi connectivity index (χ0v) is 49.1. The molecular weight excluding hydrogens is 913 g/mol. The number of rotatable bonds is 58. The van der Waals surface area contributed by atoms with E-state index in [4.69, 9.17) is 14.2 Å². The molecule has 0 aliphatic rings. The molecule has 0 aliphatic heterocycles. The summed E-state index contributed by atoms with van der Waals surface area (Å²) in [4.78, 5) is 38.3. The van der Waals surface area contributed by atoms with E-state index in [-0.39, 0.29) is 31.1 Å². The molecule has 0 aromatic carbocycles. The molecule has 0 saturated carbocycles. The number of hydrogen-bond donors (Lipinski definition) is 0. The van der Waals surface area contributed by atoms with Crippen molar-refractivity contribution >= 4 is 17.9 Å². The number of unbranched alkanes of at least 4 members (excludes halogenated alkanes) is 35. The van der Waals surface area contributed by atoms with Gasteiger partial charge in [-0.3, -0.25) is 14.4 Å². The summed E-state index contributed by atoms with van der Waals surface area (Å²) in [7, 11) is 0. The minimum atomic E-state index is -0.783. The smallest absolute Gasteiger partial charge is 0.306 e. The van der Waals surface area contributed by atoms with Crippen LogP contribution in [0.5, 0.6) is 0 Å². The van der Waals surface area contributed by atoms with Gasteiger partial charge in [-0.1, -0.05) is 261 Å². The van der Waals surface area contributed by atoms with Gasteiger partial charge in [-0.15, -0.1) is 0 Å². The van der Waals surface area contributed by atoms with Crippen LogP contribution in [0.25, 0.3) is 0 Å². The van der Waals surface area contributed by atoms with Crippen molar-refractivity contribution < 1.29 is 28.6 Å². The fourth-order valence-electron chi connectivity index (χ4n) is 9.06. The van der Waals surface area contributed by atoms with E-state index in [1.54, 1.807) is 0 Å². The normalized spacial score (nSPS) is 12.5. The van der Waals surface area contributed by atoms with Crippen molar-refractivity contribution in [3.05, 3.63) is 72.9 Å². The van der Waals surface area contributed by atoms with Crippen molar-refractivity contribution in [1.29, 1.82) is 0 Å². The quantitative estimate of drug-likeness (QED) is 0.0261. The standard InChI is InChI=1S/C68H120O6/c1-4-7-10-13-16-19-22-25-27-29-31-32-33-34-35-36-38-39-41-43-46-49-52-55-58-61-67(70)73-64-65(63-72-66(69)60-57-54-51-48-45-24-21-18-15-12-9-6-3)74-68(71)62-59-56-53-50-47-44-42-40-37-30-28-26-23-20-17-14-11-8-5-2/h17-18,20-22,25-26,28-29,31,33-34,65H,4-16,19,23-24,27,30,32,35-64H2,1-3H3/b20-17-,21-18-,25-22-,28-26-,31-29-,34-33-. The van der Waals surface area contributed by atoms with E-state index >= 15 is 0 Å². The number of ether oxygens (including phenoxy) is 3.